The van der Waals surface area contributed by atoms with Crippen LogP contribution in [-0.4, -0.2) is 56.4 Å². The Kier molecular flexibility index (Phi) is 7.97. The molecule has 31 heavy (non-hydrogen) atoms. The van der Waals surface area contributed by atoms with Crippen LogP contribution in [0.15, 0.2) is 53.7 Å². The molecule has 2 heterocycles. The van der Waals surface area contributed by atoms with Gasteiger partial charge in [0.05, 0.1) is 43.3 Å². The lowest BCUT2D eigenvalue weighted by Gasteiger charge is -2.35. The summed E-state index contributed by atoms with van der Waals surface area (Å²) in [6.07, 6.45) is 3.24. The van der Waals surface area contributed by atoms with Gasteiger partial charge in [-0.15, -0.1) is 0 Å². The number of carbonyl (C=O) groups is 1. The number of aliphatic hydroxyl groups is 1. The number of carbonyl (C=O) groups excluding carboxylic acids is 1. The molecule has 3 atom stereocenters. The highest BCUT2D eigenvalue weighted by Crippen LogP contribution is 2.24. The van der Waals surface area contributed by atoms with Crippen LogP contribution in [0.25, 0.3) is 0 Å². The Morgan fingerprint density at radius 3 is 2.74 bits per heavy atom. The summed E-state index contributed by atoms with van der Waals surface area (Å²) in [7, 11) is -2.36. The van der Waals surface area contributed by atoms with E-state index in [2.05, 4.69) is 15.0 Å². The number of hydrogen-bond acceptors (Lipinski definition) is 7. The van der Waals surface area contributed by atoms with Gasteiger partial charge in [0, 0.05) is 25.0 Å². The van der Waals surface area contributed by atoms with E-state index in [1.54, 1.807) is 24.5 Å². The molecule has 1 aromatic carbocycles. The highest BCUT2D eigenvalue weighted by Gasteiger charge is 2.34. The molecule has 10 heteroatoms. The summed E-state index contributed by atoms with van der Waals surface area (Å²) < 4.78 is 39.0. The fourth-order valence-corrected chi connectivity index (χ4v) is 4.77. The molecule has 1 aliphatic heterocycles. The minimum atomic E-state index is -3.82. The van der Waals surface area contributed by atoms with Crippen molar-refractivity contribution in [3.63, 3.8) is 0 Å². The zero-order chi connectivity index (χ0) is 22.3. The van der Waals surface area contributed by atoms with Gasteiger partial charge < -0.3 is 19.9 Å². The number of sulfonamides is 1. The number of hydrogen-bond donors (Lipinski definition) is 3. The molecule has 0 radical (unpaired) electrons. The number of pyridine rings is 1. The number of rotatable bonds is 9. The van der Waals surface area contributed by atoms with Crippen molar-refractivity contribution in [3.8, 4) is 5.75 Å². The molecule has 168 valence electrons. The Morgan fingerprint density at radius 2 is 2.03 bits per heavy atom. The summed E-state index contributed by atoms with van der Waals surface area (Å²) in [5.41, 5.74) is 0.938. The Balaban J connectivity index is 1.54. The standard InChI is InChI=1S/C21H27N3O6S/c1-29-16-3-2-4-18(11-16)31(27,28)24-19-6-5-17(30-20(19)14-25)12-21(26)23-13-15-7-9-22-10-8-15/h2-4,7-11,17,19-20,24-25H,5-6,12-14H2,1H3,(H,23,26)/t17-,19+,20-/m0/s1. The summed E-state index contributed by atoms with van der Waals surface area (Å²) in [6.45, 7) is 0.0287. The third-order valence-electron chi connectivity index (χ3n) is 5.11. The minimum Gasteiger partial charge on any atom is -0.497 e. The van der Waals surface area contributed by atoms with Crippen molar-refractivity contribution in [2.24, 2.45) is 0 Å². The van der Waals surface area contributed by atoms with Crippen LogP contribution in [0.1, 0.15) is 24.8 Å². The highest BCUT2D eigenvalue weighted by atomic mass is 32.2. The number of benzene rings is 1. The minimum absolute atomic E-state index is 0.0705. The Morgan fingerprint density at radius 1 is 1.26 bits per heavy atom. The lowest BCUT2D eigenvalue weighted by Crippen LogP contribution is -2.51. The van der Waals surface area contributed by atoms with Crippen LogP contribution < -0.4 is 14.8 Å². The SMILES string of the molecule is COc1cccc(S(=O)(=O)N[C@@H]2CC[C@@H](CC(=O)NCc3ccncc3)O[C@H]2CO)c1. The number of methoxy groups -OCH3 is 1. The van der Waals surface area contributed by atoms with E-state index < -0.39 is 28.3 Å². The zero-order valence-corrected chi connectivity index (χ0v) is 18.0. The smallest absolute Gasteiger partial charge is 0.241 e. The van der Waals surface area contributed by atoms with Gasteiger partial charge in [0.2, 0.25) is 15.9 Å². The molecule has 0 bridgehead atoms. The van der Waals surface area contributed by atoms with Gasteiger partial charge in [0.25, 0.3) is 0 Å². The van der Waals surface area contributed by atoms with Crippen LogP contribution in [0.2, 0.25) is 0 Å². The van der Waals surface area contributed by atoms with Crippen molar-refractivity contribution < 1.29 is 27.8 Å². The van der Waals surface area contributed by atoms with Crippen LogP contribution in [0.5, 0.6) is 5.75 Å². The van der Waals surface area contributed by atoms with E-state index in [0.29, 0.717) is 25.1 Å². The van der Waals surface area contributed by atoms with Crippen LogP contribution in [-0.2, 0) is 26.1 Å². The van der Waals surface area contributed by atoms with Gasteiger partial charge >= 0.3 is 0 Å². The molecule has 1 amide bonds. The van der Waals surface area contributed by atoms with Gasteiger partial charge in [-0.1, -0.05) is 6.07 Å². The number of aromatic nitrogens is 1. The predicted molar refractivity (Wildman–Crippen MR) is 113 cm³/mol. The first-order valence-corrected chi connectivity index (χ1v) is 11.5. The molecule has 0 saturated carbocycles. The van der Waals surface area contributed by atoms with Crippen molar-refractivity contribution in [3.05, 3.63) is 54.4 Å². The fourth-order valence-electron chi connectivity index (χ4n) is 3.43. The maximum absolute atomic E-state index is 12.7. The van der Waals surface area contributed by atoms with Gasteiger partial charge in [0.15, 0.2) is 0 Å². The molecule has 0 spiro atoms. The van der Waals surface area contributed by atoms with Crippen LogP contribution in [0.4, 0.5) is 0 Å². The first-order valence-electron chi connectivity index (χ1n) is 9.99. The zero-order valence-electron chi connectivity index (χ0n) is 17.2. The van der Waals surface area contributed by atoms with E-state index >= 15 is 0 Å². The number of nitrogens with zero attached hydrogens (tertiary/aromatic N) is 1. The molecule has 0 aliphatic carbocycles. The topological polar surface area (TPSA) is 127 Å². The Labute approximate surface area is 181 Å². The summed E-state index contributed by atoms with van der Waals surface area (Å²) in [5, 5.41) is 12.6. The molecule has 0 unspecified atom stereocenters. The predicted octanol–water partition coefficient (Wildman–Crippen LogP) is 0.983. The maximum atomic E-state index is 12.7. The van der Waals surface area contributed by atoms with Crippen molar-refractivity contribution in [1.29, 1.82) is 0 Å². The molecule has 1 fully saturated rings. The lowest BCUT2D eigenvalue weighted by atomic mass is 9.98. The van der Waals surface area contributed by atoms with Crippen LogP contribution >= 0.6 is 0 Å². The average molecular weight is 450 g/mol. The van der Waals surface area contributed by atoms with E-state index in [4.69, 9.17) is 9.47 Å². The lowest BCUT2D eigenvalue weighted by molar-refractivity contribution is -0.130. The van der Waals surface area contributed by atoms with E-state index in [-0.39, 0.29) is 23.8 Å². The number of aliphatic hydroxyl groups excluding tert-OH is 1. The molecule has 9 nitrogen and oxygen atoms in total. The van der Waals surface area contributed by atoms with E-state index in [1.165, 1.54) is 19.2 Å². The van der Waals surface area contributed by atoms with Crippen molar-refractivity contribution in [2.75, 3.05) is 13.7 Å². The summed E-state index contributed by atoms with van der Waals surface area (Å²) in [6, 6.07) is 9.18. The molecule has 3 rings (SSSR count). The summed E-state index contributed by atoms with van der Waals surface area (Å²) in [5.74, 6) is 0.258. The third kappa shape index (κ3) is 6.47. The molecule has 1 saturated heterocycles. The van der Waals surface area contributed by atoms with E-state index in [9.17, 15) is 18.3 Å². The molecule has 1 aromatic heterocycles. The molecular formula is C21H27N3O6S. The Bertz CT molecular complexity index is 970. The molecule has 3 N–H and O–H groups in total. The highest BCUT2D eigenvalue weighted by molar-refractivity contribution is 7.89. The normalized spacial score (nSPS) is 21.4. The quantitative estimate of drug-likeness (QED) is 0.521. The number of amides is 1. The van der Waals surface area contributed by atoms with Gasteiger partial charge in [0.1, 0.15) is 5.75 Å². The van der Waals surface area contributed by atoms with Crippen LogP contribution in [0.3, 0.4) is 0 Å². The van der Waals surface area contributed by atoms with E-state index in [1.807, 2.05) is 12.1 Å². The summed E-state index contributed by atoms with van der Waals surface area (Å²) in [4.78, 5) is 16.2. The second-order valence-corrected chi connectivity index (χ2v) is 9.01. The number of ether oxygens (including phenoxy) is 2. The first kappa shape index (κ1) is 23.1. The second-order valence-electron chi connectivity index (χ2n) is 7.30. The fraction of sp³-hybridized carbons (Fsp3) is 0.429. The van der Waals surface area contributed by atoms with Crippen molar-refractivity contribution in [2.45, 2.75) is 49.0 Å². The molecule has 2 aromatic rings. The van der Waals surface area contributed by atoms with Crippen molar-refractivity contribution in [1.82, 2.24) is 15.0 Å². The monoisotopic (exact) mass is 449 g/mol. The van der Waals surface area contributed by atoms with Gasteiger partial charge in [-0.2, -0.15) is 0 Å². The largest absolute Gasteiger partial charge is 0.497 e. The van der Waals surface area contributed by atoms with Gasteiger partial charge in [-0.05, 0) is 42.7 Å². The first-order chi connectivity index (χ1) is 14.9. The van der Waals surface area contributed by atoms with Gasteiger partial charge in [-0.3, -0.25) is 9.78 Å². The molecular weight excluding hydrogens is 422 g/mol. The van der Waals surface area contributed by atoms with Crippen molar-refractivity contribution >= 4 is 15.9 Å². The number of nitrogens with one attached hydrogen (secondary N) is 2. The average Bonchev–Trinajstić information content (AvgIpc) is 2.79. The maximum Gasteiger partial charge on any atom is 0.241 e. The van der Waals surface area contributed by atoms with E-state index in [0.717, 1.165) is 5.56 Å². The molecule has 1 aliphatic rings. The third-order valence-corrected chi connectivity index (χ3v) is 6.59. The van der Waals surface area contributed by atoms with Gasteiger partial charge in [-0.25, -0.2) is 13.1 Å². The Hall–Kier alpha value is -2.53. The second kappa shape index (κ2) is 10.7. The summed E-state index contributed by atoms with van der Waals surface area (Å²) >= 11 is 0. The van der Waals surface area contributed by atoms with Crippen LogP contribution in [0, 0.1) is 0 Å².